The summed E-state index contributed by atoms with van der Waals surface area (Å²) in [5, 5.41) is 137. The van der Waals surface area contributed by atoms with Gasteiger partial charge in [0, 0.05) is 42.9 Å². The van der Waals surface area contributed by atoms with Crippen molar-refractivity contribution >= 4 is 33.6 Å². The van der Waals surface area contributed by atoms with E-state index in [1.165, 1.54) is 19.9 Å². The van der Waals surface area contributed by atoms with E-state index in [0.29, 0.717) is 96.3 Å². The number of ether oxygens (including phenoxy) is 3. The van der Waals surface area contributed by atoms with Gasteiger partial charge in [0.25, 0.3) is 0 Å². The lowest BCUT2D eigenvalue weighted by Gasteiger charge is -2.35. The number of nitrogens with one attached hydrogen (secondary N) is 1. The zero-order valence-corrected chi connectivity index (χ0v) is 65.6. The van der Waals surface area contributed by atoms with Gasteiger partial charge < -0.3 is 91.0 Å². The summed E-state index contributed by atoms with van der Waals surface area (Å²) in [4.78, 5) is 37.2. The molecule has 2 aromatic heterocycles. The monoisotopic (exact) mass is 1530 g/mol. The number of hydrogen-bond acceptors (Lipinski definition) is 25. The summed E-state index contributed by atoms with van der Waals surface area (Å²) >= 11 is 1.66. The molecule has 4 rings (SSSR count). The summed E-state index contributed by atoms with van der Waals surface area (Å²) in [6.07, 6.45) is 7.45. The molecular formula is C77H136N4O22S2. The van der Waals surface area contributed by atoms with E-state index in [2.05, 4.69) is 22.6 Å². The summed E-state index contributed by atoms with van der Waals surface area (Å²) in [6, 6.07) is -1.25. The number of aromatic nitrogens is 2. The Morgan fingerprint density at radius 3 is 1.90 bits per heavy atom. The lowest BCUT2D eigenvalue weighted by Crippen LogP contribution is -2.55. The highest BCUT2D eigenvalue weighted by Crippen LogP contribution is 2.38. The molecule has 4 heterocycles. The minimum absolute atomic E-state index is 0.0176. The Morgan fingerprint density at radius 1 is 0.676 bits per heavy atom. The molecule has 5 unspecified atom stereocenters. The molecule has 0 aromatic carbocycles. The van der Waals surface area contributed by atoms with E-state index < -0.39 is 126 Å². The number of nitrogens with zero attached hydrogens (tertiary/aromatic N) is 2. The maximum absolute atomic E-state index is 14.2. The van der Waals surface area contributed by atoms with Gasteiger partial charge in [-0.2, -0.15) is 8.42 Å². The van der Waals surface area contributed by atoms with Crippen molar-refractivity contribution < 1.29 is 107 Å². The molecule has 1 fully saturated rings. The number of thiazole rings is 1. The molecule has 23 atom stereocenters. The number of aliphatic hydroxyl groups is 12. The fourth-order valence-corrected chi connectivity index (χ4v) is 15.7. The second kappa shape index (κ2) is 50.4. The first-order valence-electron chi connectivity index (χ1n) is 39.2. The zero-order chi connectivity index (χ0) is 77.8. The standard InChI is InChI=1S/C77H136N4O22S2/c1-48-31-34-62(89)39-57(84)23-15-22-55(82)21-14-13-19-50(3)75(103-105(96,97)98)74(54(7)101-77(95)67-46-100-72(79-67)29-18-28-58(85)38-56(83)24-17-27-61(88)43-66(99-8)35-32-48)81-76(94)52(5)37-51(4)69(93)44-64(91)41-60(87)26-16-25-59(86)40-63(90)42-65(92)45-71-49(2)33-36-70(102-71)68-47-104-73(80-68)30-12-10-9-11-20-53(6)78/h32,35,37,46-51,53-66,69-71,74-75,82-93H,9-31,33-34,36,38-45,78H2,1-8H3,(H,81,94)(H,96,97,98)/b35-32?,52-37-/t48-,49-,50?,51-,53+,54?,55-,56+,57-,58-,59+,60-,61-,62+,63-,64+,65-,66?,69-,70-,71-,74?,75?/m0/s1. The summed E-state index contributed by atoms with van der Waals surface area (Å²) < 4.78 is 64.3. The number of cyclic esters (lactones) is 1. The number of esters is 1. The highest BCUT2D eigenvalue weighted by Gasteiger charge is 2.40. The first kappa shape index (κ1) is 93.9. The minimum Gasteiger partial charge on any atom is -0.456 e. The number of methoxy groups -OCH3 is 1. The normalized spacial score (nSPS) is 30.0. The third kappa shape index (κ3) is 39.8. The largest absolute Gasteiger partial charge is 0.456 e. The second-order valence-corrected chi connectivity index (χ2v) is 33.0. The number of allylic oxidation sites excluding steroid dienone is 1. The number of aryl methyl sites for hydroxylation is 2. The van der Waals surface area contributed by atoms with Gasteiger partial charge in [-0.25, -0.2) is 18.9 Å². The molecule has 0 aliphatic carbocycles. The number of aliphatic hydroxyl groups excluding tert-OH is 12. The predicted molar refractivity (Wildman–Crippen MR) is 401 cm³/mol. The Kier molecular flexibility index (Phi) is 45.1. The molecule has 0 spiro atoms. The van der Waals surface area contributed by atoms with Gasteiger partial charge >= 0.3 is 16.4 Å². The summed E-state index contributed by atoms with van der Waals surface area (Å²) in [5.41, 5.74) is 6.57. The van der Waals surface area contributed by atoms with Crippen LogP contribution in [0.4, 0.5) is 0 Å². The molecule has 26 nitrogen and oxygen atoms in total. The maximum Gasteiger partial charge on any atom is 0.397 e. The molecule has 2 aliphatic rings. The van der Waals surface area contributed by atoms with Crippen LogP contribution in [-0.4, -0.2) is 213 Å². The number of hydrogen-bond donors (Lipinski definition) is 15. The average Bonchev–Trinajstić information content (AvgIpc) is 1.80. The first-order valence-corrected chi connectivity index (χ1v) is 41.4. The number of rotatable bonds is 29. The zero-order valence-electron chi connectivity index (χ0n) is 64.0. The fraction of sp³-hybridized carbons (Fsp3) is 0.844. The Hall–Kier alpha value is -3.47. The molecule has 2 bridgehead atoms. The van der Waals surface area contributed by atoms with Gasteiger partial charge in [-0.05, 0) is 212 Å². The van der Waals surface area contributed by atoms with Crippen LogP contribution in [0.25, 0.3) is 0 Å². The van der Waals surface area contributed by atoms with Crippen LogP contribution in [0, 0.1) is 23.7 Å². The Balaban J connectivity index is 1.34. The minimum atomic E-state index is -5.24. The number of amides is 1. The smallest absolute Gasteiger partial charge is 0.397 e. The Bertz CT molecular complexity index is 2850. The van der Waals surface area contributed by atoms with E-state index in [1.807, 2.05) is 26.0 Å². The van der Waals surface area contributed by atoms with Crippen LogP contribution in [0.1, 0.15) is 287 Å². The summed E-state index contributed by atoms with van der Waals surface area (Å²) in [5.74, 6) is -2.95. The van der Waals surface area contributed by atoms with Gasteiger partial charge in [-0.3, -0.25) is 9.35 Å². The molecule has 16 N–H and O–H groups in total. The van der Waals surface area contributed by atoms with Gasteiger partial charge in [0.2, 0.25) is 5.91 Å². The number of fused-ring (bicyclic) bond motifs is 2. The van der Waals surface area contributed by atoms with Crippen LogP contribution in [0.3, 0.4) is 0 Å². The number of carbonyl (C=O) groups is 2. The van der Waals surface area contributed by atoms with Crippen LogP contribution in [0.15, 0.2) is 39.9 Å². The third-order valence-electron chi connectivity index (χ3n) is 20.8. The van der Waals surface area contributed by atoms with E-state index in [0.717, 1.165) is 68.3 Å². The van der Waals surface area contributed by atoms with Gasteiger partial charge in [-0.15, -0.1) is 11.3 Å². The lowest BCUT2D eigenvalue weighted by molar-refractivity contribution is -0.120. The molecule has 28 heteroatoms. The number of nitrogens with two attached hydrogens (primary N) is 1. The third-order valence-corrected chi connectivity index (χ3v) is 22.2. The first-order chi connectivity index (χ1) is 49.7. The molecule has 1 amide bonds. The molecule has 1 saturated heterocycles. The van der Waals surface area contributed by atoms with Crippen LogP contribution in [0.2, 0.25) is 0 Å². The summed E-state index contributed by atoms with van der Waals surface area (Å²) in [7, 11) is -3.67. The predicted octanol–water partition coefficient (Wildman–Crippen LogP) is 8.81. The maximum atomic E-state index is 14.2. The van der Waals surface area contributed by atoms with E-state index in [4.69, 9.17) is 33.5 Å². The van der Waals surface area contributed by atoms with E-state index >= 15 is 0 Å². The van der Waals surface area contributed by atoms with Gasteiger partial charge in [0.1, 0.15) is 24.6 Å². The van der Waals surface area contributed by atoms with E-state index in [9.17, 15) is 83.8 Å². The van der Waals surface area contributed by atoms with Gasteiger partial charge in [-0.1, -0.05) is 78.0 Å². The highest BCUT2D eigenvalue weighted by atomic mass is 32.3. The topological polar surface area (TPSA) is 445 Å². The Morgan fingerprint density at radius 2 is 1.26 bits per heavy atom. The van der Waals surface area contributed by atoms with Crippen molar-refractivity contribution in [3.63, 3.8) is 0 Å². The van der Waals surface area contributed by atoms with Crippen molar-refractivity contribution in [2.24, 2.45) is 29.4 Å². The summed E-state index contributed by atoms with van der Waals surface area (Å²) in [6.45, 7) is 12.2. The molecule has 2 aromatic rings. The van der Waals surface area contributed by atoms with Crippen molar-refractivity contribution in [1.82, 2.24) is 15.3 Å². The highest BCUT2D eigenvalue weighted by molar-refractivity contribution is 7.80. The molecule has 105 heavy (non-hydrogen) atoms. The lowest BCUT2D eigenvalue weighted by atomic mass is 9.88. The van der Waals surface area contributed by atoms with Crippen LogP contribution in [0.5, 0.6) is 0 Å². The van der Waals surface area contributed by atoms with Crippen molar-refractivity contribution in [3.05, 3.63) is 57.7 Å². The van der Waals surface area contributed by atoms with Gasteiger partial charge in [0.05, 0.1) is 102 Å². The fourth-order valence-electron chi connectivity index (χ4n) is 14.2. The second-order valence-electron chi connectivity index (χ2n) is 31.1. The number of oxazole rings is 1. The van der Waals surface area contributed by atoms with Crippen molar-refractivity contribution in [2.75, 3.05) is 7.11 Å². The van der Waals surface area contributed by atoms with Crippen molar-refractivity contribution in [2.45, 2.75) is 383 Å². The SMILES string of the molecule is COC1C=C[C@@H](C)CC[C@@H](O)C[C@@H](O)CCC[C@@H](O)CCCCC(C)C(OS(=O)(=O)O)C(NC(=O)/C(C)=C\[C@H](C)[C@@H](O)C[C@H](O)C[C@@H](O)CCC[C@@H](O)C[C@H](O)C[C@H](O)C[C@@H]2O[C@H](c3csc(CCCCCC[C@@H](C)N)n3)CC[C@@H]2C)C(C)OC(=O)c2coc(n2)CCC[C@H](O)C[C@H](O)CCC[C@H](O)C1. The quantitative estimate of drug-likeness (QED) is 0.0119. The van der Waals surface area contributed by atoms with Crippen molar-refractivity contribution in [3.8, 4) is 0 Å². The van der Waals surface area contributed by atoms with E-state index in [1.54, 1.807) is 32.3 Å². The van der Waals surface area contributed by atoms with Gasteiger partial charge in [0.15, 0.2) is 11.6 Å². The van der Waals surface area contributed by atoms with Crippen LogP contribution < -0.4 is 11.1 Å². The van der Waals surface area contributed by atoms with Crippen LogP contribution >= 0.6 is 11.3 Å². The van der Waals surface area contributed by atoms with E-state index in [-0.39, 0.29) is 124 Å². The molecule has 0 saturated carbocycles. The molecule has 608 valence electrons. The van der Waals surface area contributed by atoms with Crippen LogP contribution in [-0.2, 0) is 46.4 Å². The van der Waals surface area contributed by atoms with Crippen molar-refractivity contribution in [1.29, 1.82) is 0 Å². The molecule has 0 radical (unpaired) electrons. The Labute approximate surface area is 629 Å². The number of carbonyl (C=O) groups excluding carboxylic acids is 2. The molecular weight excluding hydrogens is 1400 g/mol. The average molecular weight is 1530 g/mol. The molecule has 2 aliphatic heterocycles. The number of unbranched alkanes of at least 4 members (excludes halogenated alkanes) is 3.